The zero-order chi connectivity index (χ0) is 19.7. The van der Waals surface area contributed by atoms with Gasteiger partial charge in [0, 0.05) is 0 Å². The molecule has 4 rings (SSSR count). The second kappa shape index (κ2) is 6.08. The normalized spacial score (nSPS) is 35.7. The first-order valence-corrected chi connectivity index (χ1v) is 10.5. The smallest absolute Gasteiger partial charge is 0.399 e. The van der Waals surface area contributed by atoms with E-state index in [9.17, 15) is 0 Å². The molecule has 27 heavy (non-hydrogen) atoms. The van der Waals surface area contributed by atoms with E-state index in [4.69, 9.17) is 14.0 Å². The second-order valence-electron chi connectivity index (χ2n) is 10.7. The Hall–Kier alpha value is -0.835. The number of hydrogen-bond donors (Lipinski definition) is 0. The van der Waals surface area contributed by atoms with Gasteiger partial charge in [-0.05, 0) is 74.7 Å². The first-order valence-electron chi connectivity index (χ1n) is 10.5. The molecule has 3 aliphatic rings. The van der Waals surface area contributed by atoms with Gasteiger partial charge in [0.05, 0.1) is 23.9 Å². The Morgan fingerprint density at radius 2 is 1.56 bits per heavy atom. The summed E-state index contributed by atoms with van der Waals surface area (Å²) >= 11 is 0. The predicted molar refractivity (Wildman–Crippen MR) is 110 cm³/mol. The van der Waals surface area contributed by atoms with Crippen molar-refractivity contribution in [2.24, 2.45) is 16.7 Å². The fraction of sp³-hybridized carbons (Fsp3) is 0.739. The fourth-order valence-electron chi connectivity index (χ4n) is 5.33. The monoisotopic (exact) mass is 370 g/mol. The molecular formula is C23H35BO3. The number of ether oxygens (including phenoxy) is 1. The molecule has 3 atom stereocenters. The van der Waals surface area contributed by atoms with Gasteiger partial charge in [0.25, 0.3) is 0 Å². The summed E-state index contributed by atoms with van der Waals surface area (Å²) in [6.45, 7) is 16.4. The number of benzene rings is 1. The Morgan fingerprint density at radius 3 is 2.04 bits per heavy atom. The van der Waals surface area contributed by atoms with Crippen LogP contribution in [0.2, 0.25) is 0 Å². The van der Waals surface area contributed by atoms with E-state index in [-0.39, 0.29) is 18.3 Å². The molecule has 0 aromatic heterocycles. The summed E-state index contributed by atoms with van der Waals surface area (Å²) in [5, 5.41) is 0. The minimum Gasteiger partial charge on any atom is -0.399 e. The molecule has 1 aromatic rings. The maximum atomic E-state index is 6.43. The molecule has 3 fully saturated rings. The molecule has 1 heterocycles. The molecule has 0 N–H and O–H groups in total. The van der Waals surface area contributed by atoms with E-state index < -0.39 is 0 Å². The molecule has 3 nitrogen and oxygen atoms in total. The summed E-state index contributed by atoms with van der Waals surface area (Å²) in [4.78, 5) is 0. The van der Waals surface area contributed by atoms with E-state index >= 15 is 0 Å². The third-order valence-electron chi connectivity index (χ3n) is 8.67. The van der Waals surface area contributed by atoms with E-state index in [2.05, 4.69) is 72.7 Å². The van der Waals surface area contributed by atoms with Crippen LogP contribution in [0.1, 0.15) is 73.3 Å². The molecule has 1 aromatic carbocycles. The van der Waals surface area contributed by atoms with Crippen molar-refractivity contribution in [2.45, 2.75) is 91.6 Å². The average molecular weight is 370 g/mol. The van der Waals surface area contributed by atoms with Gasteiger partial charge in [0.1, 0.15) is 0 Å². The lowest BCUT2D eigenvalue weighted by molar-refractivity contribution is -0.0550. The maximum absolute atomic E-state index is 6.43. The fourth-order valence-corrected chi connectivity index (χ4v) is 5.33. The lowest BCUT2D eigenvalue weighted by Crippen LogP contribution is -2.41. The lowest BCUT2D eigenvalue weighted by Gasteiger charge is -2.39. The molecule has 0 spiro atoms. The SMILES string of the molecule is CC1(C)OB(c2ccc(COC3CC4CCC3(C)C4(C)C)cc2)OC1(C)C. The van der Waals surface area contributed by atoms with Crippen molar-refractivity contribution < 1.29 is 14.0 Å². The summed E-state index contributed by atoms with van der Waals surface area (Å²) in [7, 11) is -0.296. The molecule has 1 saturated heterocycles. The highest BCUT2D eigenvalue weighted by Gasteiger charge is 2.61. The molecule has 3 unspecified atom stereocenters. The van der Waals surface area contributed by atoms with Gasteiger partial charge in [-0.15, -0.1) is 0 Å². The molecule has 0 amide bonds. The van der Waals surface area contributed by atoms with Crippen LogP contribution in [0.15, 0.2) is 24.3 Å². The largest absolute Gasteiger partial charge is 0.494 e. The first kappa shape index (κ1) is 19.5. The summed E-state index contributed by atoms with van der Waals surface area (Å²) in [5.41, 5.74) is 2.41. The van der Waals surface area contributed by atoms with E-state index in [1.165, 1.54) is 24.8 Å². The van der Waals surface area contributed by atoms with Gasteiger partial charge in [0.2, 0.25) is 0 Å². The van der Waals surface area contributed by atoms with Crippen LogP contribution in [-0.2, 0) is 20.7 Å². The van der Waals surface area contributed by atoms with Crippen molar-refractivity contribution in [3.8, 4) is 0 Å². The van der Waals surface area contributed by atoms with Crippen LogP contribution in [0.5, 0.6) is 0 Å². The topological polar surface area (TPSA) is 27.7 Å². The van der Waals surface area contributed by atoms with Crippen molar-refractivity contribution in [3.63, 3.8) is 0 Å². The van der Waals surface area contributed by atoms with Gasteiger partial charge < -0.3 is 14.0 Å². The number of hydrogen-bond acceptors (Lipinski definition) is 3. The van der Waals surface area contributed by atoms with Gasteiger partial charge in [0.15, 0.2) is 0 Å². The van der Waals surface area contributed by atoms with Crippen LogP contribution in [0.4, 0.5) is 0 Å². The van der Waals surface area contributed by atoms with Crippen LogP contribution < -0.4 is 5.46 Å². The number of fused-ring (bicyclic) bond motifs is 2. The molecule has 0 radical (unpaired) electrons. The van der Waals surface area contributed by atoms with E-state index in [1.54, 1.807) is 0 Å². The van der Waals surface area contributed by atoms with Gasteiger partial charge in [-0.1, -0.05) is 45.0 Å². The quantitative estimate of drug-likeness (QED) is 0.718. The second-order valence-corrected chi connectivity index (χ2v) is 10.7. The van der Waals surface area contributed by atoms with Crippen molar-refractivity contribution in [3.05, 3.63) is 29.8 Å². The Labute approximate surface area is 165 Å². The van der Waals surface area contributed by atoms with Gasteiger partial charge in [-0.25, -0.2) is 0 Å². The summed E-state index contributed by atoms with van der Waals surface area (Å²) < 4.78 is 18.7. The zero-order valence-corrected chi connectivity index (χ0v) is 18.1. The van der Waals surface area contributed by atoms with Gasteiger partial charge in [-0.3, -0.25) is 0 Å². The Kier molecular flexibility index (Phi) is 4.39. The molecule has 2 saturated carbocycles. The zero-order valence-electron chi connectivity index (χ0n) is 18.1. The highest BCUT2D eigenvalue weighted by atomic mass is 16.7. The highest BCUT2D eigenvalue weighted by molar-refractivity contribution is 6.62. The average Bonchev–Trinajstić information content (AvgIpc) is 3.03. The van der Waals surface area contributed by atoms with E-state index in [0.29, 0.717) is 23.5 Å². The third-order valence-corrected chi connectivity index (χ3v) is 8.67. The number of rotatable bonds is 4. The Bertz CT molecular complexity index is 693. The maximum Gasteiger partial charge on any atom is 0.494 e. The standard InChI is InChI=1S/C23H35BO3/c1-20(2)17-12-13-23(20,7)19(14-17)25-15-16-8-10-18(11-9-16)24-26-21(3,4)22(5,6)27-24/h8-11,17,19H,12-15H2,1-7H3. The summed E-state index contributed by atoms with van der Waals surface area (Å²) in [6, 6.07) is 8.54. The van der Waals surface area contributed by atoms with Crippen LogP contribution in [0.25, 0.3) is 0 Å². The van der Waals surface area contributed by atoms with E-state index in [1.807, 2.05) is 0 Å². The van der Waals surface area contributed by atoms with Crippen molar-refractivity contribution in [2.75, 3.05) is 0 Å². The van der Waals surface area contributed by atoms with Gasteiger partial charge in [-0.2, -0.15) is 0 Å². The predicted octanol–water partition coefficient (Wildman–Crippen LogP) is 4.72. The summed E-state index contributed by atoms with van der Waals surface area (Å²) in [5.74, 6) is 0.818. The third kappa shape index (κ3) is 2.91. The van der Waals surface area contributed by atoms with Crippen molar-refractivity contribution in [1.29, 1.82) is 0 Å². The molecule has 148 valence electrons. The van der Waals surface area contributed by atoms with E-state index in [0.717, 1.165) is 11.4 Å². The molecule has 1 aliphatic heterocycles. The van der Waals surface area contributed by atoms with Crippen LogP contribution in [-0.4, -0.2) is 24.4 Å². The van der Waals surface area contributed by atoms with Crippen LogP contribution >= 0.6 is 0 Å². The minimum absolute atomic E-state index is 0.296. The van der Waals surface area contributed by atoms with Crippen LogP contribution in [0.3, 0.4) is 0 Å². The molecule has 2 bridgehead atoms. The first-order chi connectivity index (χ1) is 12.5. The van der Waals surface area contributed by atoms with Crippen LogP contribution in [0, 0.1) is 16.7 Å². The van der Waals surface area contributed by atoms with Crippen molar-refractivity contribution in [1.82, 2.24) is 0 Å². The minimum atomic E-state index is -0.302. The molecule has 2 aliphatic carbocycles. The Morgan fingerprint density at radius 1 is 0.963 bits per heavy atom. The lowest BCUT2D eigenvalue weighted by atomic mass is 9.70. The van der Waals surface area contributed by atoms with Crippen molar-refractivity contribution >= 4 is 12.6 Å². The summed E-state index contributed by atoms with van der Waals surface area (Å²) in [6.07, 6.45) is 4.27. The molecule has 4 heteroatoms. The van der Waals surface area contributed by atoms with Gasteiger partial charge >= 0.3 is 7.12 Å². The highest BCUT2D eigenvalue weighted by Crippen LogP contribution is 2.66. The Balaban J connectivity index is 1.39. The molecular weight excluding hydrogens is 335 g/mol.